The highest BCUT2D eigenvalue weighted by Gasteiger charge is 2.26. The van der Waals surface area contributed by atoms with Gasteiger partial charge in [-0.1, -0.05) is 19.3 Å². The molecule has 0 spiro atoms. The van der Waals surface area contributed by atoms with Gasteiger partial charge in [0.15, 0.2) is 9.84 Å². The van der Waals surface area contributed by atoms with Crippen molar-refractivity contribution in [1.29, 1.82) is 0 Å². The van der Waals surface area contributed by atoms with E-state index in [2.05, 4.69) is 5.32 Å². The molecule has 178 valence electrons. The molecule has 0 atom stereocenters. The Hall–Kier alpha value is -2.81. The number of rotatable bonds is 5. The number of carbonyl (C=O) groups excluding carboxylic acids is 1. The number of nitrogens with one attached hydrogen (secondary N) is 1. The summed E-state index contributed by atoms with van der Waals surface area (Å²) in [6.07, 6.45) is 9.92. The van der Waals surface area contributed by atoms with Crippen LogP contribution in [0.1, 0.15) is 44.9 Å². The first-order chi connectivity index (χ1) is 15.8. The first-order valence-corrected chi connectivity index (χ1v) is 13.4. The fourth-order valence-electron chi connectivity index (χ4n) is 4.48. The zero-order valence-corrected chi connectivity index (χ0v) is 19.7. The normalized spacial score (nSPS) is 18.2. The highest BCUT2D eigenvalue weighted by Crippen LogP contribution is 2.21. The van der Waals surface area contributed by atoms with Crippen molar-refractivity contribution in [2.45, 2.75) is 62.0 Å². The van der Waals surface area contributed by atoms with Crippen LogP contribution in [0.25, 0.3) is 5.69 Å². The molecule has 2 amide bonds. The van der Waals surface area contributed by atoms with E-state index in [-0.39, 0.29) is 22.6 Å². The van der Waals surface area contributed by atoms with Crippen LogP contribution in [0.4, 0.5) is 4.79 Å². The summed E-state index contributed by atoms with van der Waals surface area (Å²) in [6, 6.07) is 9.66. The molecular weight excluding hydrogens is 442 g/mol. The number of amides is 2. The maximum absolute atomic E-state index is 12.6. The van der Waals surface area contributed by atoms with Crippen molar-refractivity contribution in [3.05, 3.63) is 52.9 Å². The molecule has 2 aliphatic rings. The van der Waals surface area contributed by atoms with Gasteiger partial charge in [-0.3, -0.25) is 9.36 Å². The summed E-state index contributed by atoms with van der Waals surface area (Å²) in [7, 11) is -3.29. The van der Waals surface area contributed by atoms with Crippen molar-refractivity contribution in [1.82, 2.24) is 14.8 Å². The van der Waals surface area contributed by atoms with E-state index < -0.39 is 9.84 Å². The molecule has 1 aromatic heterocycles. The Morgan fingerprint density at radius 1 is 1.00 bits per heavy atom. The molecule has 0 unspecified atom stereocenters. The molecule has 1 saturated carbocycles. The van der Waals surface area contributed by atoms with Crippen molar-refractivity contribution < 1.29 is 17.9 Å². The van der Waals surface area contributed by atoms with E-state index in [1.807, 2.05) is 4.90 Å². The lowest BCUT2D eigenvalue weighted by atomic mass is 9.96. The predicted octanol–water partition coefficient (Wildman–Crippen LogP) is 3.13. The number of nitrogens with zero attached hydrogens (tertiary/aromatic N) is 2. The molecule has 1 saturated heterocycles. The number of hydrogen-bond acceptors (Lipinski definition) is 5. The van der Waals surface area contributed by atoms with E-state index in [1.54, 1.807) is 24.4 Å². The molecule has 4 rings (SSSR count). The van der Waals surface area contributed by atoms with Gasteiger partial charge in [-0.25, -0.2) is 13.2 Å². The minimum absolute atomic E-state index is 0.0184. The second-order valence-corrected chi connectivity index (χ2v) is 10.9. The molecule has 1 aliphatic heterocycles. The van der Waals surface area contributed by atoms with Crippen LogP contribution in [0, 0.1) is 0 Å². The fraction of sp³-hybridized carbons (Fsp3) is 0.500. The Labute approximate surface area is 194 Å². The molecule has 2 aromatic rings. The van der Waals surface area contributed by atoms with Gasteiger partial charge in [0, 0.05) is 56.2 Å². The van der Waals surface area contributed by atoms with Crippen molar-refractivity contribution in [2.75, 3.05) is 19.3 Å². The van der Waals surface area contributed by atoms with Crippen LogP contribution in [0.2, 0.25) is 0 Å². The summed E-state index contributed by atoms with van der Waals surface area (Å²) >= 11 is 0. The van der Waals surface area contributed by atoms with Gasteiger partial charge >= 0.3 is 6.03 Å². The van der Waals surface area contributed by atoms with Crippen molar-refractivity contribution in [2.24, 2.45) is 0 Å². The Balaban J connectivity index is 1.31. The number of hydrogen-bond donors (Lipinski definition) is 1. The molecule has 1 aromatic carbocycles. The van der Waals surface area contributed by atoms with Crippen LogP contribution >= 0.6 is 0 Å². The lowest BCUT2D eigenvalue weighted by Crippen LogP contribution is -2.49. The zero-order chi connectivity index (χ0) is 23.4. The number of likely N-dealkylation sites (tertiary alicyclic amines) is 1. The maximum atomic E-state index is 12.6. The van der Waals surface area contributed by atoms with Gasteiger partial charge in [0.05, 0.1) is 4.90 Å². The van der Waals surface area contributed by atoms with Gasteiger partial charge in [0.1, 0.15) is 11.9 Å². The second kappa shape index (κ2) is 9.99. The number of benzene rings is 1. The highest BCUT2D eigenvalue weighted by atomic mass is 32.2. The molecule has 1 N–H and O–H groups in total. The largest absolute Gasteiger partial charge is 0.490 e. The number of sulfone groups is 1. The molecular formula is C24H31N3O5S. The van der Waals surface area contributed by atoms with Crippen LogP contribution in [0.15, 0.2) is 52.3 Å². The van der Waals surface area contributed by atoms with Gasteiger partial charge in [-0.2, -0.15) is 0 Å². The summed E-state index contributed by atoms with van der Waals surface area (Å²) < 4.78 is 30.7. The molecule has 0 radical (unpaired) electrons. The van der Waals surface area contributed by atoms with Crippen molar-refractivity contribution in [3.63, 3.8) is 0 Å². The standard InChI is InChI=1S/C24H31N3O5S/c1-33(30,31)22-9-7-19(8-10-22)27-16-13-21(17-23(27)28)32-20-11-14-26(15-12-20)24(29)25-18-5-3-2-4-6-18/h7-10,13,16-18,20H,2-6,11-12,14-15H2,1H3,(H,25,29). The van der Waals surface area contributed by atoms with E-state index in [0.29, 0.717) is 43.4 Å². The number of pyridine rings is 1. The average Bonchev–Trinajstić information content (AvgIpc) is 2.80. The molecule has 1 aliphatic carbocycles. The van der Waals surface area contributed by atoms with E-state index in [0.717, 1.165) is 19.1 Å². The summed E-state index contributed by atoms with van der Waals surface area (Å²) in [5.74, 6) is 0.495. The minimum Gasteiger partial charge on any atom is -0.490 e. The summed E-state index contributed by atoms with van der Waals surface area (Å²) in [6.45, 7) is 1.26. The van der Waals surface area contributed by atoms with E-state index in [4.69, 9.17) is 4.74 Å². The minimum atomic E-state index is -3.29. The smallest absolute Gasteiger partial charge is 0.317 e. The molecule has 0 bridgehead atoms. The lowest BCUT2D eigenvalue weighted by molar-refractivity contribution is 0.109. The predicted molar refractivity (Wildman–Crippen MR) is 126 cm³/mol. The summed E-state index contributed by atoms with van der Waals surface area (Å²) in [4.78, 5) is 27.2. The number of carbonyl (C=O) groups is 1. The Morgan fingerprint density at radius 2 is 1.67 bits per heavy atom. The third kappa shape index (κ3) is 5.96. The van der Waals surface area contributed by atoms with Gasteiger partial charge in [-0.15, -0.1) is 0 Å². The zero-order valence-electron chi connectivity index (χ0n) is 18.9. The number of piperidine rings is 1. The number of ether oxygens (including phenoxy) is 1. The average molecular weight is 474 g/mol. The third-order valence-corrected chi connectivity index (χ3v) is 7.53. The Morgan fingerprint density at radius 3 is 2.27 bits per heavy atom. The van der Waals surface area contributed by atoms with E-state index in [1.165, 1.54) is 42.0 Å². The maximum Gasteiger partial charge on any atom is 0.317 e. The van der Waals surface area contributed by atoms with Crippen LogP contribution < -0.4 is 15.6 Å². The molecule has 9 heteroatoms. The van der Waals surface area contributed by atoms with Crippen molar-refractivity contribution >= 4 is 15.9 Å². The van der Waals surface area contributed by atoms with Gasteiger partial charge in [0.25, 0.3) is 5.56 Å². The van der Waals surface area contributed by atoms with Gasteiger partial charge < -0.3 is 15.0 Å². The first-order valence-electron chi connectivity index (χ1n) is 11.5. The Kier molecular flexibility index (Phi) is 7.07. The van der Waals surface area contributed by atoms with Crippen LogP contribution in [-0.2, 0) is 9.84 Å². The Bertz CT molecular complexity index is 1130. The number of urea groups is 1. The van der Waals surface area contributed by atoms with Gasteiger partial charge in [-0.05, 0) is 43.2 Å². The number of aromatic nitrogens is 1. The summed E-state index contributed by atoms with van der Waals surface area (Å²) in [5, 5.41) is 3.16. The second-order valence-electron chi connectivity index (χ2n) is 8.93. The quantitative estimate of drug-likeness (QED) is 0.720. The topological polar surface area (TPSA) is 97.7 Å². The molecule has 33 heavy (non-hydrogen) atoms. The van der Waals surface area contributed by atoms with Crippen LogP contribution in [0.3, 0.4) is 0 Å². The third-order valence-electron chi connectivity index (χ3n) is 6.40. The SMILES string of the molecule is CS(=O)(=O)c1ccc(-n2ccc(OC3CCN(C(=O)NC4CCCCC4)CC3)cc2=O)cc1. The lowest BCUT2D eigenvalue weighted by Gasteiger charge is -2.34. The van der Waals surface area contributed by atoms with E-state index in [9.17, 15) is 18.0 Å². The molecule has 2 heterocycles. The monoisotopic (exact) mass is 473 g/mol. The summed E-state index contributed by atoms with van der Waals surface area (Å²) in [5.41, 5.74) is 0.320. The van der Waals surface area contributed by atoms with Crippen molar-refractivity contribution in [3.8, 4) is 11.4 Å². The fourth-order valence-corrected chi connectivity index (χ4v) is 5.11. The van der Waals surface area contributed by atoms with E-state index >= 15 is 0 Å². The van der Waals surface area contributed by atoms with Crippen LogP contribution in [-0.4, -0.2) is 55.4 Å². The van der Waals surface area contributed by atoms with Crippen LogP contribution in [0.5, 0.6) is 5.75 Å². The highest BCUT2D eigenvalue weighted by molar-refractivity contribution is 7.90. The molecule has 8 nitrogen and oxygen atoms in total. The van der Waals surface area contributed by atoms with Gasteiger partial charge in [0.2, 0.25) is 0 Å². The first kappa shape index (κ1) is 23.4. The molecule has 2 fully saturated rings.